The molecule has 166 valence electrons. The zero-order chi connectivity index (χ0) is 21.5. The highest BCUT2D eigenvalue weighted by Crippen LogP contribution is 2.24. The van der Waals surface area contributed by atoms with E-state index in [1.54, 1.807) is 6.07 Å². The van der Waals surface area contributed by atoms with Crippen molar-refractivity contribution < 1.29 is 9.59 Å². The van der Waals surface area contributed by atoms with E-state index in [1.165, 1.54) is 0 Å². The first kappa shape index (κ1) is 23.4. The van der Waals surface area contributed by atoms with Gasteiger partial charge in [0, 0.05) is 34.0 Å². The Bertz CT molecular complexity index is 670. The van der Waals surface area contributed by atoms with Gasteiger partial charge in [-0.15, -0.1) is 23.2 Å². The third kappa shape index (κ3) is 6.88. The van der Waals surface area contributed by atoms with Crippen LogP contribution in [0.3, 0.4) is 0 Å². The molecule has 2 aliphatic carbocycles. The number of alkyl halides is 2. The van der Waals surface area contributed by atoms with Crippen molar-refractivity contribution in [3.63, 3.8) is 0 Å². The van der Waals surface area contributed by atoms with Gasteiger partial charge < -0.3 is 10.6 Å². The van der Waals surface area contributed by atoms with Gasteiger partial charge in [0.15, 0.2) is 0 Å². The number of hydrogen-bond donors (Lipinski definition) is 2. The summed E-state index contributed by atoms with van der Waals surface area (Å²) in [5, 5.41) is 6.74. The molecule has 2 N–H and O–H groups in total. The Morgan fingerprint density at radius 1 is 0.800 bits per heavy atom. The fraction of sp³-hybridized carbons (Fsp3) is 0.667. The lowest BCUT2D eigenvalue weighted by Gasteiger charge is -2.26. The van der Waals surface area contributed by atoms with E-state index < -0.39 is 0 Å². The molecule has 0 heterocycles. The summed E-state index contributed by atoms with van der Waals surface area (Å²) in [7, 11) is 0. The summed E-state index contributed by atoms with van der Waals surface area (Å²) < 4.78 is 0. The SMILES string of the molecule is CCCCc1cc(C(=O)NC2CCC(Cl)CC2)cc(C(=O)NC2CCC(Cl)CC2)c1. The van der Waals surface area contributed by atoms with Gasteiger partial charge >= 0.3 is 0 Å². The molecule has 6 heteroatoms. The number of amides is 2. The summed E-state index contributed by atoms with van der Waals surface area (Å²) in [5.41, 5.74) is 2.20. The molecule has 4 nitrogen and oxygen atoms in total. The summed E-state index contributed by atoms with van der Waals surface area (Å²) in [6, 6.07) is 5.94. The van der Waals surface area contributed by atoms with E-state index in [-0.39, 0.29) is 34.7 Å². The first-order valence-corrected chi connectivity index (χ1v) is 12.4. The van der Waals surface area contributed by atoms with Crippen LogP contribution in [0.2, 0.25) is 0 Å². The molecule has 0 unspecified atom stereocenters. The number of hydrogen-bond acceptors (Lipinski definition) is 2. The Morgan fingerprint density at radius 3 is 1.63 bits per heavy atom. The number of unbranched alkanes of at least 4 members (excludes halogenated alkanes) is 1. The minimum Gasteiger partial charge on any atom is -0.349 e. The lowest BCUT2D eigenvalue weighted by molar-refractivity contribution is 0.0927. The highest BCUT2D eigenvalue weighted by atomic mass is 35.5. The van der Waals surface area contributed by atoms with Crippen LogP contribution in [0.25, 0.3) is 0 Å². The number of benzene rings is 1. The fourth-order valence-electron chi connectivity index (χ4n) is 4.41. The Kier molecular flexibility index (Phi) is 8.88. The minimum absolute atomic E-state index is 0.0944. The molecule has 0 spiro atoms. The maximum atomic E-state index is 12.9. The summed E-state index contributed by atoms with van der Waals surface area (Å²) >= 11 is 12.4. The van der Waals surface area contributed by atoms with Gasteiger partial charge in [-0.2, -0.15) is 0 Å². The molecule has 1 aromatic carbocycles. The number of rotatable bonds is 7. The van der Waals surface area contributed by atoms with Gasteiger partial charge in [0.1, 0.15) is 0 Å². The van der Waals surface area contributed by atoms with Crippen molar-refractivity contribution in [3.05, 3.63) is 34.9 Å². The third-order valence-corrected chi connectivity index (χ3v) is 7.19. The van der Waals surface area contributed by atoms with Gasteiger partial charge in [0.25, 0.3) is 11.8 Å². The Hall–Kier alpha value is -1.26. The second kappa shape index (κ2) is 11.4. The van der Waals surface area contributed by atoms with Crippen molar-refractivity contribution in [2.24, 2.45) is 0 Å². The highest BCUT2D eigenvalue weighted by Gasteiger charge is 2.24. The van der Waals surface area contributed by atoms with Gasteiger partial charge in [0.2, 0.25) is 0 Å². The van der Waals surface area contributed by atoms with Crippen molar-refractivity contribution in [1.29, 1.82) is 0 Å². The second-order valence-electron chi connectivity index (χ2n) is 8.87. The maximum Gasteiger partial charge on any atom is 0.251 e. The fourth-order valence-corrected chi connectivity index (χ4v) is 4.91. The van der Waals surface area contributed by atoms with Crippen LogP contribution < -0.4 is 10.6 Å². The average Bonchev–Trinajstić information content (AvgIpc) is 2.75. The predicted octanol–water partition coefficient (Wildman–Crippen LogP) is 5.59. The Balaban J connectivity index is 1.70. The molecule has 0 aliphatic heterocycles. The number of aryl methyl sites for hydroxylation is 1. The maximum absolute atomic E-state index is 12.9. The smallest absolute Gasteiger partial charge is 0.251 e. The Morgan fingerprint density at radius 2 is 1.23 bits per heavy atom. The zero-order valence-electron chi connectivity index (χ0n) is 17.9. The van der Waals surface area contributed by atoms with Crippen LogP contribution in [0.15, 0.2) is 18.2 Å². The normalized spacial score (nSPS) is 26.8. The lowest BCUT2D eigenvalue weighted by atomic mass is 9.94. The summed E-state index contributed by atoms with van der Waals surface area (Å²) in [6.07, 6.45) is 10.3. The van der Waals surface area contributed by atoms with Crippen LogP contribution >= 0.6 is 23.2 Å². The van der Waals surface area contributed by atoms with Gasteiger partial charge in [-0.3, -0.25) is 9.59 Å². The molecule has 3 rings (SSSR count). The minimum atomic E-state index is -0.0944. The first-order chi connectivity index (χ1) is 14.4. The molecule has 2 fully saturated rings. The van der Waals surface area contributed by atoms with Crippen molar-refractivity contribution in [3.8, 4) is 0 Å². The summed E-state index contributed by atoms with van der Waals surface area (Å²) in [4.78, 5) is 25.9. The van der Waals surface area contributed by atoms with Crippen LogP contribution in [-0.2, 0) is 6.42 Å². The molecule has 2 amide bonds. The van der Waals surface area contributed by atoms with Crippen molar-refractivity contribution >= 4 is 35.0 Å². The van der Waals surface area contributed by atoms with E-state index in [9.17, 15) is 9.59 Å². The van der Waals surface area contributed by atoms with Crippen LogP contribution in [-0.4, -0.2) is 34.7 Å². The van der Waals surface area contributed by atoms with Crippen LogP contribution in [0.4, 0.5) is 0 Å². The second-order valence-corrected chi connectivity index (χ2v) is 10.1. The molecule has 2 saturated carbocycles. The van der Waals surface area contributed by atoms with Gasteiger partial charge in [-0.25, -0.2) is 0 Å². The van der Waals surface area contributed by atoms with Crippen molar-refractivity contribution in [1.82, 2.24) is 10.6 Å². The van der Waals surface area contributed by atoms with Gasteiger partial charge in [-0.05, 0) is 88.0 Å². The van der Waals surface area contributed by atoms with Crippen LogP contribution in [0.5, 0.6) is 0 Å². The topological polar surface area (TPSA) is 58.2 Å². The predicted molar refractivity (Wildman–Crippen MR) is 124 cm³/mol. The first-order valence-electron chi connectivity index (χ1n) is 11.5. The number of nitrogens with one attached hydrogen (secondary N) is 2. The van der Waals surface area contributed by atoms with Crippen LogP contribution in [0.1, 0.15) is 97.4 Å². The summed E-state index contributed by atoms with van der Waals surface area (Å²) in [5.74, 6) is -0.189. The molecular formula is C24H34Cl2N2O2. The monoisotopic (exact) mass is 452 g/mol. The van der Waals surface area contributed by atoms with Gasteiger partial charge in [0.05, 0.1) is 0 Å². The summed E-state index contributed by atoms with van der Waals surface area (Å²) in [6.45, 7) is 2.14. The number of carbonyl (C=O) groups excluding carboxylic acids is 2. The molecule has 2 aliphatic rings. The Labute approximate surface area is 190 Å². The van der Waals surface area contributed by atoms with E-state index in [0.29, 0.717) is 11.1 Å². The average molecular weight is 453 g/mol. The van der Waals surface area contributed by atoms with E-state index >= 15 is 0 Å². The van der Waals surface area contributed by atoms with E-state index in [2.05, 4.69) is 17.6 Å². The quantitative estimate of drug-likeness (QED) is 0.529. The molecule has 0 aromatic heterocycles. The molecule has 0 saturated heterocycles. The molecule has 0 atom stereocenters. The highest BCUT2D eigenvalue weighted by molar-refractivity contribution is 6.20. The number of carbonyl (C=O) groups is 2. The third-order valence-electron chi connectivity index (χ3n) is 6.32. The van der Waals surface area contributed by atoms with Gasteiger partial charge in [-0.1, -0.05) is 13.3 Å². The van der Waals surface area contributed by atoms with E-state index in [4.69, 9.17) is 23.2 Å². The largest absolute Gasteiger partial charge is 0.349 e. The molecular weight excluding hydrogens is 419 g/mol. The molecule has 30 heavy (non-hydrogen) atoms. The van der Waals surface area contributed by atoms with E-state index in [0.717, 1.165) is 76.2 Å². The van der Waals surface area contributed by atoms with Crippen LogP contribution in [0, 0.1) is 0 Å². The van der Waals surface area contributed by atoms with Crippen molar-refractivity contribution in [2.45, 2.75) is 100 Å². The number of halogens is 2. The van der Waals surface area contributed by atoms with Crippen molar-refractivity contribution in [2.75, 3.05) is 0 Å². The molecule has 0 radical (unpaired) electrons. The zero-order valence-corrected chi connectivity index (χ0v) is 19.4. The lowest BCUT2D eigenvalue weighted by Crippen LogP contribution is -2.39. The molecule has 1 aromatic rings. The standard InChI is InChI=1S/C24H34Cl2N2O2/c1-2-3-4-16-13-17(23(29)27-21-9-5-19(25)6-10-21)15-18(14-16)24(30)28-22-11-7-20(26)8-12-22/h13-15,19-22H,2-12H2,1H3,(H,27,29)(H,28,30). The molecule has 0 bridgehead atoms. The van der Waals surface area contributed by atoms with E-state index in [1.807, 2.05) is 12.1 Å².